The lowest BCUT2D eigenvalue weighted by Gasteiger charge is -2.31. The SMILES string of the molecule is N#CC1(c2ccc(OCCCN3CCC3)cc2)CCOCC1. The molecule has 118 valence electrons. The molecule has 0 unspecified atom stereocenters. The number of ether oxygens (including phenoxy) is 2. The van der Waals surface area contributed by atoms with Crippen LogP contribution in [0.5, 0.6) is 5.75 Å². The van der Waals surface area contributed by atoms with E-state index in [1.165, 1.54) is 19.5 Å². The predicted molar refractivity (Wildman–Crippen MR) is 85.0 cm³/mol. The number of benzene rings is 1. The summed E-state index contributed by atoms with van der Waals surface area (Å²) in [7, 11) is 0. The Morgan fingerprint density at radius 2 is 1.91 bits per heavy atom. The van der Waals surface area contributed by atoms with Crippen LogP contribution in [-0.4, -0.2) is 44.4 Å². The molecular formula is C18H24N2O2. The van der Waals surface area contributed by atoms with Gasteiger partial charge in [0.15, 0.2) is 0 Å². The maximum atomic E-state index is 9.58. The lowest BCUT2D eigenvalue weighted by molar-refractivity contribution is 0.0675. The number of nitriles is 1. The van der Waals surface area contributed by atoms with Crippen LogP contribution in [0.1, 0.15) is 31.2 Å². The topological polar surface area (TPSA) is 45.5 Å². The molecule has 4 heteroatoms. The van der Waals surface area contributed by atoms with Crippen molar-refractivity contribution in [1.29, 1.82) is 5.26 Å². The summed E-state index contributed by atoms with van der Waals surface area (Å²) in [6.45, 7) is 5.72. The molecule has 2 fully saturated rings. The molecule has 0 radical (unpaired) electrons. The monoisotopic (exact) mass is 300 g/mol. The van der Waals surface area contributed by atoms with Gasteiger partial charge in [-0.25, -0.2) is 0 Å². The van der Waals surface area contributed by atoms with E-state index in [4.69, 9.17) is 9.47 Å². The van der Waals surface area contributed by atoms with Gasteiger partial charge in [-0.3, -0.25) is 0 Å². The molecule has 0 aromatic heterocycles. The van der Waals surface area contributed by atoms with Gasteiger partial charge in [0.1, 0.15) is 5.75 Å². The maximum Gasteiger partial charge on any atom is 0.119 e. The summed E-state index contributed by atoms with van der Waals surface area (Å²) in [4.78, 5) is 2.45. The third-order valence-corrected chi connectivity index (χ3v) is 4.80. The van der Waals surface area contributed by atoms with E-state index in [-0.39, 0.29) is 5.41 Å². The summed E-state index contributed by atoms with van der Waals surface area (Å²) < 4.78 is 11.2. The first kappa shape index (κ1) is 15.3. The van der Waals surface area contributed by atoms with Crippen LogP contribution in [0, 0.1) is 11.3 Å². The van der Waals surface area contributed by atoms with Gasteiger partial charge in [-0.15, -0.1) is 0 Å². The van der Waals surface area contributed by atoms with Crippen molar-refractivity contribution < 1.29 is 9.47 Å². The maximum absolute atomic E-state index is 9.58. The van der Waals surface area contributed by atoms with Crippen molar-refractivity contribution in [3.8, 4) is 11.8 Å². The molecule has 3 rings (SSSR count). The molecule has 2 aliphatic heterocycles. The molecule has 0 N–H and O–H groups in total. The second-order valence-corrected chi connectivity index (χ2v) is 6.23. The highest BCUT2D eigenvalue weighted by atomic mass is 16.5. The molecule has 4 nitrogen and oxygen atoms in total. The minimum absolute atomic E-state index is 0.381. The summed E-state index contributed by atoms with van der Waals surface area (Å²) >= 11 is 0. The zero-order chi connectivity index (χ0) is 15.3. The first-order valence-corrected chi connectivity index (χ1v) is 8.27. The van der Waals surface area contributed by atoms with Crippen LogP contribution >= 0.6 is 0 Å². The minimum atomic E-state index is -0.381. The number of nitrogens with zero attached hydrogens (tertiary/aromatic N) is 2. The first-order valence-electron chi connectivity index (χ1n) is 8.27. The van der Waals surface area contributed by atoms with Gasteiger partial charge >= 0.3 is 0 Å². The van der Waals surface area contributed by atoms with E-state index >= 15 is 0 Å². The predicted octanol–water partition coefficient (Wildman–Crippen LogP) is 2.73. The summed E-state index contributed by atoms with van der Waals surface area (Å²) in [6, 6.07) is 10.6. The second kappa shape index (κ2) is 7.13. The van der Waals surface area contributed by atoms with Crippen LogP contribution in [0.2, 0.25) is 0 Å². The van der Waals surface area contributed by atoms with Crippen LogP contribution in [0.3, 0.4) is 0 Å². The van der Waals surface area contributed by atoms with Crippen molar-refractivity contribution in [3.05, 3.63) is 29.8 Å². The molecule has 0 spiro atoms. The Bertz CT molecular complexity index is 511. The van der Waals surface area contributed by atoms with Crippen LogP contribution in [-0.2, 0) is 10.2 Å². The largest absolute Gasteiger partial charge is 0.494 e. The highest BCUT2D eigenvalue weighted by molar-refractivity contribution is 5.37. The Labute approximate surface area is 132 Å². The zero-order valence-corrected chi connectivity index (χ0v) is 13.1. The van der Waals surface area contributed by atoms with Crippen LogP contribution in [0.25, 0.3) is 0 Å². The fourth-order valence-electron chi connectivity index (χ4n) is 3.14. The van der Waals surface area contributed by atoms with E-state index in [1.54, 1.807) is 0 Å². The van der Waals surface area contributed by atoms with E-state index in [9.17, 15) is 5.26 Å². The first-order chi connectivity index (χ1) is 10.8. The van der Waals surface area contributed by atoms with Crippen molar-refractivity contribution in [1.82, 2.24) is 4.90 Å². The van der Waals surface area contributed by atoms with Gasteiger partial charge in [-0.05, 0) is 56.5 Å². The fraction of sp³-hybridized carbons (Fsp3) is 0.611. The molecule has 22 heavy (non-hydrogen) atoms. The Balaban J connectivity index is 1.52. The lowest BCUT2D eigenvalue weighted by Crippen LogP contribution is -2.38. The van der Waals surface area contributed by atoms with Crippen molar-refractivity contribution in [3.63, 3.8) is 0 Å². The molecule has 1 aromatic carbocycles. The van der Waals surface area contributed by atoms with Gasteiger partial charge in [-0.2, -0.15) is 5.26 Å². The van der Waals surface area contributed by atoms with Gasteiger partial charge in [0.25, 0.3) is 0 Å². The Morgan fingerprint density at radius 3 is 2.50 bits per heavy atom. The molecule has 0 aliphatic carbocycles. The van der Waals surface area contributed by atoms with E-state index in [0.29, 0.717) is 13.2 Å². The standard InChI is InChI=1S/C18H24N2O2/c19-15-18(7-13-21-14-8-18)16-3-5-17(6-4-16)22-12-2-11-20-9-1-10-20/h3-6H,1-2,7-14H2. The van der Waals surface area contributed by atoms with Gasteiger partial charge in [0.2, 0.25) is 0 Å². The summed E-state index contributed by atoms with van der Waals surface area (Å²) in [5.41, 5.74) is 0.708. The summed E-state index contributed by atoms with van der Waals surface area (Å²) in [6.07, 6.45) is 3.97. The Morgan fingerprint density at radius 1 is 1.18 bits per heavy atom. The van der Waals surface area contributed by atoms with Crippen molar-refractivity contribution in [2.24, 2.45) is 0 Å². The number of hydrogen-bond acceptors (Lipinski definition) is 4. The van der Waals surface area contributed by atoms with Gasteiger partial charge in [0, 0.05) is 19.8 Å². The summed E-state index contributed by atoms with van der Waals surface area (Å²) in [5, 5.41) is 9.58. The van der Waals surface area contributed by atoms with Crippen LogP contribution in [0.4, 0.5) is 0 Å². The molecule has 0 bridgehead atoms. The van der Waals surface area contributed by atoms with Crippen LogP contribution in [0.15, 0.2) is 24.3 Å². The van der Waals surface area contributed by atoms with Gasteiger partial charge in [0.05, 0.1) is 18.1 Å². The molecule has 0 atom stereocenters. The van der Waals surface area contributed by atoms with Crippen molar-refractivity contribution in [2.45, 2.75) is 31.1 Å². The zero-order valence-electron chi connectivity index (χ0n) is 13.1. The van der Waals surface area contributed by atoms with E-state index in [1.807, 2.05) is 24.3 Å². The van der Waals surface area contributed by atoms with Gasteiger partial charge < -0.3 is 14.4 Å². The highest BCUT2D eigenvalue weighted by Gasteiger charge is 2.34. The molecule has 0 amide bonds. The number of likely N-dealkylation sites (tertiary alicyclic amines) is 1. The van der Waals surface area contributed by atoms with Crippen molar-refractivity contribution >= 4 is 0 Å². The molecule has 2 saturated heterocycles. The normalized spacial score (nSPS) is 20.9. The van der Waals surface area contributed by atoms with E-state index < -0.39 is 0 Å². The number of hydrogen-bond donors (Lipinski definition) is 0. The Kier molecular flexibility index (Phi) is 4.97. The lowest BCUT2D eigenvalue weighted by atomic mass is 9.75. The molecule has 0 saturated carbocycles. The highest BCUT2D eigenvalue weighted by Crippen LogP contribution is 2.34. The van der Waals surface area contributed by atoms with E-state index in [0.717, 1.165) is 43.7 Å². The molecule has 1 aromatic rings. The van der Waals surface area contributed by atoms with Gasteiger partial charge in [-0.1, -0.05) is 12.1 Å². The molecular weight excluding hydrogens is 276 g/mol. The second-order valence-electron chi connectivity index (χ2n) is 6.23. The quantitative estimate of drug-likeness (QED) is 0.758. The minimum Gasteiger partial charge on any atom is -0.494 e. The Hall–Kier alpha value is -1.57. The van der Waals surface area contributed by atoms with Crippen molar-refractivity contribution in [2.75, 3.05) is 39.5 Å². The summed E-state index contributed by atoms with van der Waals surface area (Å²) in [5.74, 6) is 0.896. The third-order valence-electron chi connectivity index (χ3n) is 4.80. The molecule has 2 aliphatic rings. The average molecular weight is 300 g/mol. The third kappa shape index (κ3) is 3.43. The van der Waals surface area contributed by atoms with Crippen LogP contribution < -0.4 is 4.74 Å². The van der Waals surface area contributed by atoms with E-state index in [2.05, 4.69) is 11.0 Å². The molecule has 2 heterocycles. The smallest absolute Gasteiger partial charge is 0.119 e. The fourth-order valence-corrected chi connectivity index (χ4v) is 3.14. The number of rotatable bonds is 6. The average Bonchev–Trinajstić information content (AvgIpc) is 2.54.